The zero-order valence-corrected chi connectivity index (χ0v) is 9.61. The summed E-state index contributed by atoms with van der Waals surface area (Å²) in [4.78, 5) is 13.9. The number of halogens is 1. The Morgan fingerprint density at radius 2 is 1.85 bits per heavy atom. The van der Waals surface area contributed by atoms with Crippen LogP contribution in [-0.4, -0.2) is 17.6 Å². The molecule has 1 N–H and O–H groups in total. The standard InChI is InChI=1S/C9H18ClNO2/c1-6(2)7(11-10)8(12)13-9(3,4)5/h6-7,11H,1-5H3/t7-/m0/s1. The number of ether oxygens (including phenoxy) is 1. The predicted molar refractivity (Wildman–Crippen MR) is 53.5 cm³/mol. The van der Waals surface area contributed by atoms with Gasteiger partial charge in [0.05, 0.1) is 0 Å². The molecule has 0 aromatic rings. The molecule has 0 bridgehead atoms. The second-order valence-electron chi connectivity index (χ2n) is 4.36. The third-order valence-electron chi connectivity index (χ3n) is 1.44. The van der Waals surface area contributed by atoms with Crippen LogP contribution in [0.5, 0.6) is 0 Å². The fraction of sp³-hybridized carbons (Fsp3) is 0.889. The predicted octanol–water partition coefficient (Wildman–Crippen LogP) is 2.10. The van der Waals surface area contributed by atoms with Crippen molar-refractivity contribution in [3.8, 4) is 0 Å². The second-order valence-corrected chi connectivity index (χ2v) is 4.58. The van der Waals surface area contributed by atoms with E-state index in [-0.39, 0.29) is 11.9 Å². The molecular formula is C9H18ClNO2. The molecule has 4 heteroatoms. The van der Waals surface area contributed by atoms with Gasteiger partial charge in [0.1, 0.15) is 11.6 Å². The molecule has 0 amide bonds. The van der Waals surface area contributed by atoms with Crippen molar-refractivity contribution in [3.05, 3.63) is 0 Å². The first-order chi connectivity index (χ1) is 5.78. The number of hydrogen-bond donors (Lipinski definition) is 1. The van der Waals surface area contributed by atoms with E-state index in [1.54, 1.807) is 0 Å². The monoisotopic (exact) mass is 207 g/mol. The summed E-state index contributed by atoms with van der Waals surface area (Å²) in [6.45, 7) is 9.30. The molecule has 0 unspecified atom stereocenters. The molecule has 0 aromatic heterocycles. The highest BCUT2D eigenvalue weighted by Gasteiger charge is 2.26. The SMILES string of the molecule is CC(C)[C@H](NCl)C(=O)OC(C)(C)C. The van der Waals surface area contributed by atoms with Crippen molar-refractivity contribution in [1.82, 2.24) is 4.84 Å². The highest BCUT2D eigenvalue weighted by atomic mass is 35.5. The van der Waals surface area contributed by atoms with Gasteiger partial charge < -0.3 is 4.74 Å². The highest BCUT2D eigenvalue weighted by molar-refractivity contribution is 6.14. The van der Waals surface area contributed by atoms with Gasteiger partial charge in [-0.25, -0.2) is 4.84 Å². The van der Waals surface area contributed by atoms with E-state index < -0.39 is 11.6 Å². The molecular weight excluding hydrogens is 190 g/mol. The Morgan fingerprint density at radius 3 is 2.08 bits per heavy atom. The van der Waals surface area contributed by atoms with Crippen molar-refractivity contribution >= 4 is 17.7 Å². The number of nitrogens with one attached hydrogen (secondary N) is 1. The van der Waals surface area contributed by atoms with Crippen molar-refractivity contribution in [2.75, 3.05) is 0 Å². The Labute approximate surface area is 84.9 Å². The van der Waals surface area contributed by atoms with E-state index in [2.05, 4.69) is 4.84 Å². The van der Waals surface area contributed by atoms with Crippen LogP contribution < -0.4 is 4.84 Å². The maximum atomic E-state index is 11.5. The Morgan fingerprint density at radius 1 is 1.38 bits per heavy atom. The number of rotatable bonds is 3. The van der Waals surface area contributed by atoms with Gasteiger partial charge in [-0.3, -0.25) is 4.79 Å². The molecule has 78 valence electrons. The first-order valence-electron chi connectivity index (χ1n) is 4.37. The minimum absolute atomic E-state index is 0.118. The van der Waals surface area contributed by atoms with Gasteiger partial charge in [-0.15, -0.1) is 0 Å². The smallest absolute Gasteiger partial charge is 0.325 e. The van der Waals surface area contributed by atoms with Crippen molar-refractivity contribution in [3.63, 3.8) is 0 Å². The van der Waals surface area contributed by atoms with E-state index in [1.807, 2.05) is 34.6 Å². The molecule has 13 heavy (non-hydrogen) atoms. The van der Waals surface area contributed by atoms with Gasteiger partial charge in [0, 0.05) is 0 Å². The Balaban J connectivity index is 4.23. The lowest BCUT2D eigenvalue weighted by atomic mass is 10.1. The molecule has 0 saturated heterocycles. The van der Waals surface area contributed by atoms with Gasteiger partial charge in [-0.1, -0.05) is 13.8 Å². The first-order valence-corrected chi connectivity index (χ1v) is 4.74. The lowest BCUT2D eigenvalue weighted by Gasteiger charge is -2.24. The quantitative estimate of drug-likeness (QED) is 0.569. The normalized spacial score (nSPS) is 14.4. The van der Waals surface area contributed by atoms with Crippen LogP contribution in [0.1, 0.15) is 34.6 Å². The van der Waals surface area contributed by atoms with Crippen LogP contribution in [-0.2, 0) is 9.53 Å². The molecule has 0 heterocycles. The molecule has 1 atom stereocenters. The molecule has 0 spiro atoms. The molecule has 0 rings (SSSR count). The van der Waals surface area contributed by atoms with E-state index in [4.69, 9.17) is 16.5 Å². The van der Waals surface area contributed by atoms with Crippen LogP contribution in [0.15, 0.2) is 0 Å². The zero-order valence-electron chi connectivity index (χ0n) is 8.85. The van der Waals surface area contributed by atoms with Crippen LogP contribution >= 0.6 is 11.8 Å². The lowest BCUT2D eigenvalue weighted by molar-refractivity contribution is -0.158. The number of esters is 1. The zero-order chi connectivity index (χ0) is 10.6. The Bertz CT molecular complexity index is 175. The highest BCUT2D eigenvalue weighted by Crippen LogP contribution is 2.12. The summed E-state index contributed by atoms with van der Waals surface area (Å²) < 4.78 is 5.17. The Hall–Kier alpha value is -0.280. The van der Waals surface area contributed by atoms with Gasteiger partial charge in [0.2, 0.25) is 0 Å². The van der Waals surface area contributed by atoms with Crippen LogP contribution in [0, 0.1) is 5.92 Å². The van der Waals surface area contributed by atoms with Gasteiger partial charge in [0.15, 0.2) is 0 Å². The topological polar surface area (TPSA) is 38.3 Å². The van der Waals surface area contributed by atoms with Crippen molar-refractivity contribution in [1.29, 1.82) is 0 Å². The van der Waals surface area contributed by atoms with Crippen molar-refractivity contribution in [2.24, 2.45) is 5.92 Å². The maximum absolute atomic E-state index is 11.5. The fourth-order valence-corrected chi connectivity index (χ4v) is 1.15. The number of carbonyl (C=O) groups excluding carboxylic acids is 1. The van der Waals surface area contributed by atoms with E-state index in [0.717, 1.165) is 0 Å². The lowest BCUT2D eigenvalue weighted by Crippen LogP contribution is -2.40. The minimum atomic E-state index is -0.460. The molecule has 0 saturated carbocycles. The molecule has 0 aliphatic carbocycles. The number of hydrogen-bond acceptors (Lipinski definition) is 3. The molecule has 0 radical (unpaired) electrons. The van der Waals surface area contributed by atoms with Gasteiger partial charge >= 0.3 is 5.97 Å². The summed E-state index contributed by atoms with van der Waals surface area (Å²) in [7, 11) is 0. The average Bonchev–Trinajstić information content (AvgIpc) is 1.82. The van der Waals surface area contributed by atoms with Gasteiger partial charge in [-0.2, -0.15) is 0 Å². The minimum Gasteiger partial charge on any atom is -0.459 e. The second kappa shape index (κ2) is 4.82. The van der Waals surface area contributed by atoms with E-state index in [1.165, 1.54) is 0 Å². The summed E-state index contributed by atoms with van der Waals surface area (Å²) in [6, 6.07) is -0.444. The van der Waals surface area contributed by atoms with Gasteiger partial charge in [0.25, 0.3) is 0 Å². The van der Waals surface area contributed by atoms with Crippen LogP contribution in [0.25, 0.3) is 0 Å². The van der Waals surface area contributed by atoms with Crippen LogP contribution in [0.2, 0.25) is 0 Å². The molecule has 3 nitrogen and oxygen atoms in total. The fourth-order valence-electron chi connectivity index (χ4n) is 0.808. The average molecular weight is 208 g/mol. The third-order valence-corrected chi connectivity index (χ3v) is 1.68. The first kappa shape index (κ1) is 12.7. The third kappa shape index (κ3) is 5.11. The van der Waals surface area contributed by atoms with Crippen LogP contribution in [0.4, 0.5) is 0 Å². The molecule has 0 aliphatic rings. The number of carbonyl (C=O) groups is 1. The molecule has 0 fully saturated rings. The molecule has 0 aliphatic heterocycles. The summed E-state index contributed by atoms with van der Waals surface area (Å²) in [6.07, 6.45) is 0. The van der Waals surface area contributed by atoms with E-state index >= 15 is 0 Å². The largest absolute Gasteiger partial charge is 0.459 e. The van der Waals surface area contributed by atoms with E-state index in [9.17, 15) is 4.79 Å². The molecule has 0 aromatic carbocycles. The maximum Gasteiger partial charge on any atom is 0.325 e. The van der Waals surface area contributed by atoms with Crippen molar-refractivity contribution in [2.45, 2.75) is 46.3 Å². The van der Waals surface area contributed by atoms with Crippen molar-refractivity contribution < 1.29 is 9.53 Å². The summed E-state index contributed by atoms with van der Waals surface area (Å²) in [5, 5.41) is 0. The summed E-state index contributed by atoms with van der Waals surface area (Å²) in [5.41, 5.74) is -0.460. The van der Waals surface area contributed by atoms with Gasteiger partial charge in [-0.05, 0) is 38.5 Å². The summed E-state index contributed by atoms with van der Waals surface area (Å²) >= 11 is 5.44. The van der Waals surface area contributed by atoms with E-state index in [0.29, 0.717) is 0 Å². The summed E-state index contributed by atoms with van der Waals surface area (Å²) in [5.74, 6) is -0.190. The van der Waals surface area contributed by atoms with Crippen LogP contribution in [0.3, 0.4) is 0 Å². The Kier molecular flexibility index (Phi) is 4.71.